The van der Waals surface area contributed by atoms with E-state index in [1.165, 1.54) is 4.68 Å². The minimum absolute atomic E-state index is 0.0102. The Morgan fingerprint density at radius 2 is 2.11 bits per heavy atom. The molecule has 0 spiro atoms. The number of carbonyl (C=O) groups excluding carboxylic acids is 1. The number of unbranched alkanes of at least 4 members (excludes halogenated alkanes) is 1. The molecule has 1 aromatic rings. The highest BCUT2D eigenvalue weighted by molar-refractivity contribution is 5.75. The van der Waals surface area contributed by atoms with Gasteiger partial charge in [0.15, 0.2) is 0 Å². The Bertz CT molecular complexity index is 482. The third-order valence-corrected chi connectivity index (χ3v) is 3.08. The molecule has 1 heterocycles. The number of rotatable bonds is 6. The molecule has 0 saturated heterocycles. The number of hydrogen-bond acceptors (Lipinski definition) is 4. The lowest BCUT2D eigenvalue weighted by Crippen LogP contribution is -2.31. The molecule has 1 aromatic heterocycles. The molecule has 0 fully saturated rings. The number of hydrogen-bond donors (Lipinski definition) is 0. The van der Waals surface area contributed by atoms with E-state index in [1.54, 1.807) is 25.8 Å². The van der Waals surface area contributed by atoms with E-state index in [0.29, 0.717) is 17.9 Å². The first kappa shape index (κ1) is 15.1. The van der Waals surface area contributed by atoms with Crippen molar-refractivity contribution < 1.29 is 9.72 Å². The lowest BCUT2D eigenvalue weighted by molar-refractivity contribution is -0.386. The van der Waals surface area contributed by atoms with E-state index in [1.807, 2.05) is 0 Å². The van der Waals surface area contributed by atoms with Crippen LogP contribution in [0.1, 0.15) is 31.2 Å². The van der Waals surface area contributed by atoms with Gasteiger partial charge in [-0.05, 0) is 20.3 Å². The van der Waals surface area contributed by atoms with Gasteiger partial charge in [0.25, 0.3) is 0 Å². The van der Waals surface area contributed by atoms with E-state index in [0.717, 1.165) is 12.8 Å². The predicted molar refractivity (Wildman–Crippen MR) is 70.9 cm³/mol. The standard InChI is InChI=1S/C12H20N4O3/c1-5-6-7-14(4)11(17)8-15-10(3)12(16(18)19)9(2)13-15/h5-8H2,1-4H3. The second-order valence-electron chi connectivity index (χ2n) is 4.60. The maximum atomic E-state index is 12.0. The Morgan fingerprint density at radius 1 is 1.47 bits per heavy atom. The molecular weight excluding hydrogens is 248 g/mol. The molecule has 1 amide bonds. The number of amides is 1. The molecule has 0 saturated carbocycles. The summed E-state index contributed by atoms with van der Waals surface area (Å²) in [6.07, 6.45) is 1.96. The second kappa shape index (κ2) is 6.31. The molecule has 0 aromatic carbocycles. The van der Waals surface area contributed by atoms with Gasteiger partial charge in [0.05, 0.1) is 4.92 Å². The van der Waals surface area contributed by atoms with Crippen molar-refractivity contribution in [3.8, 4) is 0 Å². The van der Waals surface area contributed by atoms with Crippen molar-refractivity contribution in [3.05, 3.63) is 21.5 Å². The van der Waals surface area contributed by atoms with Gasteiger partial charge in [-0.25, -0.2) is 0 Å². The van der Waals surface area contributed by atoms with Crippen LogP contribution in [-0.4, -0.2) is 39.1 Å². The smallest absolute Gasteiger partial charge is 0.312 e. The van der Waals surface area contributed by atoms with Crippen molar-refractivity contribution in [1.82, 2.24) is 14.7 Å². The summed E-state index contributed by atoms with van der Waals surface area (Å²) in [5.74, 6) is -0.0889. The van der Waals surface area contributed by atoms with Crippen molar-refractivity contribution >= 4 is 11.6 Å². The van der Waals surface area contributed by atoms with Crippen LogP contribution in [0.25, 0.3) is 0 Å². The summed E-state index contributed by atoms with van der Waals surface area (Å²) < 4.78 is 1.40. The summed E-state index contributed by atoms with van der Waals surface area (Å²) in [7, 11) is 1.73. The molecule has 106 valence electrons. The highest BCUT2D eigenvalue weighted by Crippen LogP contribution is 2.21. The third kappa shape index (κ3) is 3.52. The van der Waals surface area contributed by atoms with Crippen LogP contribution in [0.2, 0.25) is 0 Å². The van der Waals surface area contributed by atoms with Gasteiger partial charge < -0.3 is 4.90 Å². The summed E-state index contributed by atoms with van der Waals surface area (Å²) in [5.41, 5.74) is 0.746. The van der Waals surface area contributed by atoms with Gasteiger partial charge in [0.1, 0.15) is 17.9 Å². The quantitative estimate of drug-likeness (QED) is 0.580. The van der Waals surface area contributed by atoms with Crippen LogP contribution in [-0.2, 0) is 11.3 Å². The van der Waals surface area contributed by atoms with E-state index in [2.05, 4.69) is 12.0 Å². The number of nitrogens with zero attached hydrogens (tertiary/aromatic N) is 4. The maximum absolute atomic E-state index is 12.0. The zero-order valence-corrected chi connectivity index (χ0v) is 11.8. The summed E-state index contributed by atoms with van der Waals surface area (Å²) in [5, 5.41) is 14.9. The van der Waals surface area contributed by atoms with Crippen LogP contribution in [0.4, 0.5) is 5.69 Å². The van der Waals surface area contributed by atoms with Crippen molar-refractivity contribution in [3.63, 3.8) is 0 Å². The molecule has 0 radical (unpaired) electrons. The number of aromatic nitrogens is 2. The van der Waals surface area contributed by atoms with Crippen molar-refractivity contribution in [2.45, 2.75) is 40.2 Å². The molecule has 7 nitrogen and oxygen atoms in total. The molecule has 0 aliphatic rings. The van der Waals surface area contributed by atoms with Crippen molar-refractivity contribution in [1.29, 1.82) is 0 Å². The Kier molecular flexibility index (Phi) is 5.02. The molecule has 1 rings (SSSR count). The number of aryl methyl sites for hydroxylation is 1. The van der Waals surface area contributed by atoms with Crippen LogP contribution in [0.15, 0.2) is 0 Å². The molecule has 0 bridgehead atoms. The van der Waals surface area contributed by atoms with Crippen LogP contribution < -0.4 is 0 Å². The van der Waals surface area contributed by atoms with Crippen molar-refractivity contribution in [2.24, 2.45) is 0 Å². The third-order valence-electron chi connectivity index (χ3n) is 3.08. The van der Waals surface area contributed by atoms with E-state index in [4.69, 9.17) is 0 Å². The number of nitro groups is 1. The lowest BCUT2D eigenvalue weighted by atomic mass is 10.3. The van der Waals surface area contributed by atoms with Gasteiger partial charge in [-0.2, -0.15) is 5.10 Å². The highest BCUT2D eigenvalue weighted by atomic mass is 16.6. The van der Waals surface area contributed by atoms with E-state index >= 15 is 0 Å². The summed E-state index contributed by atoms with van der Waals surface area (Å²) in [6.45, 7) is 5.98. The summed E-state index contributed by atoms with van der Waals surface area (Å²) >= 11 is 0. The fourth-order valence-corrected chi connectivity index (χ4v) is 1.87. The second-order valence-corrected chi connectivity index (χ2v) is 4.60. The largest absolute Gasteiger partial charge is 0.344 e. The van der Waals surface area contributed by atoms with Crippen molar-refractivity contribution in [2.75, 3.05) is 13.6 Å². The molecule has 19 heavy (non-hydrogen) atoms. The zero-order chi connectivity index (χ0) is 14.6. The normalized spacial score (nSPS) is 10.5. The van der Waals surface area contributed by atoms with Crippen LogP contribution in [0.3, 0.4) is 0 Å². The molecule has 0 aliphatic heterocycles. The lowest BCUT2D eigenvalue weighted by Gasteiger charge is -2.16. The van der Waals surface area contributed by atoms with Gasteiger partial charge >= 0.3 is 5.69 Å². The molecule has 0 N–H and O–H groups in total. The van der Waals surface area contributed by atoms with E-state index in [-0.39, 0.29) is 18.1 Å². The van der Waals surface area contributed by atoms with E-state index < -0.39 is 4.92 Å². The average molecular weight is 268 g/mol. The molecular formula is C12H20N4O3. The molecule has 0 aliphatic carbocycles. The monoisotopic (exact) mass is 268 g/mol. The van der Waals surface area contributed by atoms with Gasteiger partial charge in [0, 0.05) is 13.6 Å². The van der Waals surface area contributed by atoms with Crippen LogP contribution in [0.5, 0.6) is 0 Å². The van der Waals surface area contributed by atoms with Gasteiger partial charge in [-0.3, -0.25) is 19.6 Å². The topological polar surface area (TPSA) is 81.3 Å². The van der Waals surface area contributed by atoms with Gasteiger partial charge in [-0.1, -0.05) is 13.3 Å². The predicted octanol–water partition coefficient (Wildman–Crippen LogP) is 1.67. The fourth-order valence-electron chi connectivity index (χ4n) is 1.87. The SMILES string of the molecule is CCCCN(C)C(=O)Cn1nc(C)c([N+](=O)[O-])c1C. The number of likely N-dealkylation sites (N-methyl/N-ethyl adjacent to an activating group) is 1. The molecule has 0 unspecified atom stereocenters. The first-order chi connectivity index (χ1) is 8.88. The first-order valence-electron chi connectivity index (χ1n) is 6.30. The molecule has 7 heteroatoms. The fraction of sp³-hybridized carbons (Fsp3) is 0.667. The maximum Gasteiger partial charge on any atom is 0.312 e. The Balaban J connectivity index is 2.80. The van der Waals surface area contributed by atoms with Gasteiger partial charge in [0.2, 0.25) is 5.91 Å². The Morgan fingerprint density at radius 3 is 2.58 bits per heavy atom. The molecule has 0 atom stereocenters. The van der Waals surface area contributed by atoms with Crippen LogP contribution >= 0.6 is 0 Å². The Hall–Kier alpha value is -1.92. The highest BCUT2D eigenvalue weighted by Gasteiger charge is 2.23. The average Bonchev–Trinajstić information content (AvgIpc) is 2.61. The number of carbonyl (C=O) groups is 1. The van der Waals surface area contributed by atoms with Gasteiger partial charge in [-0.15, -0.1) is 0 Å². The first-order valence-corrected chi connectivity index (χ1v) is 6.30. The Labute approximate surface area is 112 Å². The van der Waals surface area contributed by atoms with Crippen LogP contribution in [0, 0.1) is 24.0 Å². The zero-order valence-electron chi connectivity index (χ0n) is 11.8. The summed E-state index contributed by atoms with van der Waals surface area (Å²) in [6, 6.07) is 0. The summed E-state index contributed by atoms with van der Waals surface area (Å²) in [4.78, 5) is 24.0. The van der Waals surface area contributed by atoms with E-state index in [9.17, 15) is 14.9 Å². The minimum Gasteiger partial charge on any atom is -0.344 e. The minimum atomic E-state index is -0.459.